The summed E-state index contributed by atoms with van der Waals surface area (Å²) in [5, 5.41) is 120. The molecule has 23 heteroatoms. The predicted octanol–water partition coefficient (Wildman–Crippen LogP) is -0.586. The van der Waals surface area contributed by atoms with Gasteiger partial charge < -0.3 is 98.8 Å². The fourth-order valence-electron chi connectivity index (χ4n) is 16.5. The molecule has 2 bridgehead atoms. The van der Waals surface area contributed by atoms with E-state index in [4.69, 9.17) is 42.6 Å². The number of ether oxygens (including phenoxy) is 9. The Bertz CT molecular complexity index is 2230. The number of aliphatic carboxylic acids is 1. The van der Waals surface area contributed by atoms with Crippen LogP contribution in [0.15, 0.2) is 11.6 Å². The Morgan fingerprint density at radius 3 is 2.08 bits per heavy atom. The van der Waals surface area contributed by atoms with E-state index in [9.17, 15) is 70.6 Å². The van der Waals surface area contributed by atoms with Crippen molar-refractivity contribution in [2.75, 3.05) is 26.4 Å². The summed E-state index contributed by atoms with van der Waals surface area (Å²) in [5.41, 5.74) is -2.40. The molecule has 0 aromatic heterocycles. The lowest BCUT2D eigenvalue weighted by molar-refractivity contribution is -0.387. The number of carboxylic acid groups (broad SMARTS) is 1. The van der Waals surface area contributed by atoms with Gasteiger partial charge in [-0.05, 0) is 98.2 Å². The first-order chi connectivity index (χ1) is 36.0. The molecule has 5 aliphatic carbocycles. The minimum atomic E-state index is -2.09. The molecule has 0 amide bonds. The second kappa shape index (κ2) is 21.0. The molecular formula is C54H84O23. The maximum Gasteiger partial charge on any atom is 0.335 e. The van der Waals surface area contributed by atoms with E-state index in [1.807, 2.05) is 6.92 Å². The van der Waals surface area contributed by atoms with Crippen LogP contribution in [0.1, 0.15) is 107 Å². The van der Waals surface area contributed by atoms with Crippen molar-refractivity contribution in [3.63, 3.8) is 0 Å². The molecule has 10 unspecified atom stereocenters. The topological polar surface area (TPSA) is 357 Å². The number of esters is 2. The van der Waals surface area contributed by atoms with Gasteiger partial charge in [0.15, 0.2) is 25.0 Å². The highest BCUT2D eigenvalue weighted by molar-refractivity contribution is 5.74. The highest BCUT2D eigenvalue weighted by Gasteiger charge is 2.76. The molecule has 9 rings (SSSR count). The van der Waals surface area contributed by atoms with Gasteiger partial charge in [-0.15, -0.1) is 0 Å². The molecule has 4 saturated carbocycles. The van der Waals surface area contributed by atoms with Crippen molar-refractivity contribution in [2.24, 2.45) is 56.2 Å². The fraction of sp³-hybridized carbons (Fsp3) is 0.907. The molecule has 0 aromatic rings. The van der Waals surface area contributed by atoms with Gasteiger partial charge in [0.05, 0.1) is 55.6 Å². The van der Waals surface area contributed by atoms with Crippen LogP contribution in [-0.4, -0.2) is 217 Å². The van der Waals surface area contributed by atoms with Crippen LogP contribution < -0.4 is 0 Å². The average Bonchev–Trinajstić information content (AvgIpc) is 3.93. The molecule has 77 heavy (non-hydrogen) atoms. The zero-order valence-electron chi connectivity index (χ0n) is 45.5. The third kappa shape index (κ3) is 9.25. The van der Waals surface area contributed by atoms with Crippen LogP contribution in [0.5, 0.6) is 0 Å². The molecule has 28 atom stereocenters. The van der Waals surface area contributed by atoms with E-state index in [0.717, 1.165) is 0 Å². The number of aliphatic hydroxyl groups is 10. The van der Waals surface area contributed by atoms with Crippen molar-refractivity contribution in [1.82, 2.24) is 0 Å². The standard InChI is InChI=1S/C54H84O23/c1-22(23(2)71-24(3)57)45(68)70-21-54-26-16-49(4,5)43(42(54)65)73-32(54)17-53(9)25(26)10-11-30-50(6)14-13-31(51(7,20-56)29(50)12-15-52(30,53)8)74-48-40(76-46-36(62)33(59)27(58)19-69-46)38(64)39(41(77-48)44(66)67)75-47-37(63)35(61)34(60)28(18-55)72-47/h10,22-23,26-43,46-48,55-56,58-65H,11-21H2,1-9H3,(H,66,67)/t22?,23?,26?,27-,28-,29?,30?,31?,32-,33+,34-,35+,36-,37-,38+,39+,40-,41+,42?,43-,46+,47-,48-,50?,51-,52?,53-,54?/m1/s1. The van der Waals surface area contributed by atoms with Crippen LogP contribution in [0.3, 0.4) is 0 Å². The Kier molecular flexibility index (Phi) is 16.1. The number of hydrogen-bond donors (Lipinski definition) is 11. The Morgan fingerprint density at radius 2 is 1.43 bits per heavy atom. The lowest BCUT2D eigenvalue weighted by atomic mass is 9.33. The van der Waals surface area contributed by atoms with E-state index in [-0.39, 0.29) is 36.4 Å². The lowest BCUT2D eigenvalue weighted by Gasteiger charge is -2.71. The summed E-state index contributed by atoms with van der Waals surface area (Å²) >= 11 is 0. The Labute approximate surface area is 448 Å². The van der Waals surface area contributed by atoms with E-state index in [2.05, 4.69) is 40.7 Å². The third-order valence-corrected chi connectivity index (χ3v) is 21.3. The first kappa shape index (κ1) is 59.1. The van der Waals surface area contributed by atoms with Crippen molar-refractivity contribution >= 4 is 17.9 Å². The predicted molar refractivity (Wildman–Crippen MR) is 261 cm³/mol. The molecule has 4 heterocycles. The largest absolute Gasteiger partial charge is 0.479 e. The van der Waals surface area contributed by atoms with Crippen molar-refractivity contribution in [1.29, 1.82) is 0 Å². The maximum atomic E-state index is 13.6. The molecule has 0 aromatic carbocycles. The highest BCUT2D eigenvalue weighted by Crippen LogP contribution is 2.77. The SMILES string of the molecule is CC(=O)OC(C)C(C)C(=O)OCC12C3CC(C)(C)[C@H](O[C@@H]1C[C@]1(C)C3=CCC3C4(C)CCC(O[C@@H]5O[C@H](C(=O)O)[C@@H](O[C@H]6O[C@H](CO)[C@@H](O)[C@H](O)[C@H]6O)[C@H](O)[C@H]5O[C@@H]5OC[C@@H](O)[C@H](O)[C@H]5O)[C@](C)(CO)C4CCC31C)C2O. The van der Waals surface area contributed by atoms with Gasteiger partial charge in [0.25, 0.3) is 0 Å². The Morgan fingerprint density at radius 1 is 0.753 bits per heavy atom. The summed E-state index contributed by atoms with van der Waals surface area (Å²) in [4.78, 5) is 38.4. The highest BCUT2D eigenvalue weighted by atomic mass is 16.8. The zero-order chi connectivity index (χ0) is 56.4. The van der Waals surface area contributed by atoms with Crippen LogP contribution in [0.25, 0.3) is 0 Å². The lowest BCUT2D eigenvalue weighted by Crippen LogP contribution is -2.69. The van der Waals surface area contributed by atoms with Crippen molar-refractivity contribution < 1.29 is 113 Å². The number of fused-ring (bicyclic) bond motifs is 7. The van der Waals surface area contributed by atoms with E-state index in [1.165, 1.54) is 12.5 Å². The van der Waals surface area contributed by atoms with Gasteiger partial charge in [-0.1, -0.05) is 53.2 Å². The van der Waals surface area contributed by atoms with Gasteiger partial charge in [-0.25, -0.2) is 4.79 Å². The van der Waals surface area contributed by atoms with Crippen LogP contribution in [0.4, 0.5) is 0 Å². The van der Waals surface area contributed by atoms with Crippen molar-refractivity contribution in [3.8, 4) is 0 Å². The number of hydrogen-bond acceptors (Lipinski definition) is 22. The van der Waals surface area contributed by atoms with Gasteiger partial charge >= 0.3 is 17.9 Å². The second-order valence-electron chi connectivity index (χ2n) is 25.8. The number of aliphatic hydroxyl groups excluding tert-OH is 10. The zero-order valence-corrected chi connectivity index (χ0v) is 45.5. The molecule has 23 nitrogen and oxygen atoms in total. The quantitative estimate of drug-likeness (QED) is 0.0588. The molecule has 4 aliphatic heterocycles. The molecule has 11 N–H and O–H groups in total. The van der Waals surface area contributed by atoms with Crippen LogP contribution in [0.2, 0.25) is 0 Å². The average molecular weight is 1100 g/mol. The molecule has 8 fully saturated rings. The van der Waals surface area contributed by atoms with Crippen LogP contribution in [-0.2, 0) is 57.0 Å². The van der Waals surface area contributed by atoms with E-state index < -0.39 is 181 Å². The van der Waals surface area contributed by atoms with Gasteiger partial charge in [0.1, 0.15) is 73.8 Å². The van der Waals surface area contributed by atoms with Crippen LogP contribution in [0, 0.1) is 56.2 Å². The maximum absolute atomic E-state index is 13.6. The summed E-state index contributed by atoms with van der Waals surface area (Å²) in [7, 11) is 0. The van der Waals surface area contributed by atoms with E-state index >= 15 is 0 Å². The summed E-state index contributed by atoms with van der Waals surface area (Å²) in [6, 6.07) is 0. The number of carboxylic acids is 1. The fourth-order valence-corrected chi connectivity index (χ4v) is 16.5. The first-order valence-electron chi connectivity index (χ1n) is 27.4. The third-order valence-electron chi connectivity index (χ3n) is 21.3. The minimum absolute atomic E-state index is 0.0482. The van der Waals surface area contributed by atoms with Crippen LogP contribution >= 0.6 is 0 Å². The molecule has 438 valence electrons. The number of allylic oxidation sites excluding steroid dienone is 2. The van der Waals surface area contributed by atoms with Gasteiger partial charge in [-0.2, -0.15) is 0 Å². The molecule has 4 saturated heterocycles. The second-order valence-corrected chi connectivity index (χ2v) is 25.8. The number of carbonyl (C=O) groups excluding carboxylic acids is 2. The summed E-state index contributed by atoms with van der Waals surface area (Å²) in [6.07, 6.45) is -22.8. The van der Waals surface area contributed by atoms with Crippen molar-refractivity contribution in [3.05, 3.63) is 11.6 Å². The smallest absolute Gasteiger partial charge is 0.335 e. The summed E-state index contributed by atoms with van der Waals surface area (Å²) in [5.74, 6) is -3.82. The summed E-state index contributed by atoms with van der Waals surface area (Å²) in [6.45, 7) is 15.8. The van der Waals surface area contributed by atoms with Gasteiger partial charge in [-0.3, -0.25) is 9.59 Å². The molecule has 9 aliphatic rings. The monoisotopic (exact) mass is 1100 g/mol. The summed E-state index contributed by atoms with van der Waals surface area (Å²) < 4.78 is 54.3. The molecular weight excluding hydrogens is 1020 g/mol. The van der Waals surface area contributed by atoms with Gasteiger partial charge in [0, 0.05) is 12.3 Å². The molecule has 0 spiro atoms. The van der Waals surface area contributed by atoms with Gasteiger partial charge in [0.2, 0.25) is 0 Å². The van der Waals surface area contributed by atoms with E-state index in [1.54, 1.807) is 13.8 Å². The number of rotatable bonds is 14. The normalized spacial score (nSPS) is 51.7. The number of carbonyl (C=O) groups is 3. The molecule has 0 radical (unpaired) electrons. The van der Waals surface area contributed by atoms with E-state index in [0.29, 0.717) is 44.9 Å². The minimum Gasteiger partial charge on any atom is -0.479 e. The Balaban J connectivity index is 0.998. The van der Waals surface area contributed by atoms with Crippen molar-refractivity contribution in [2.45, 2.75) is 224 Å². The Hall–Kier alpha value is -2.53. The first-order valence-corrected chi connectivity index (χ1v) is 27.4.